The topological polar surface area (TPSA) is 140 Å². The van der Waals surface area contributed by atoms with Crippen molar-refractivity contribution in [1.82, 2.24) is 25.5 Å². The lowest BCUT2D eigenvalue weighted by atomic mass is 10.0. The van der Waals surface area contributed by atoms with Gasteiger partial charge in [-0.3, -0.25) is 24.5 Å². The molecule has 1 aromatic heterocycles. The Morgan fingerprint density at radius 1 is 1.12 bits per heavy atom. The van der Waals surface area contributed by atoms with Crippen molar-refractivity contribution in [2.24, 2.45) is 5.92 Å². The summed E-state index contributed by atoms with van der Waals surface area (Å²) < 4.78 is 0. The maximum atomic E-state index is 12.6. The van der Waals surface area contributed by atoms with Gasteiger partial charge < -0.3 is 16.0 Å². The molecule has 0 fully saturated rings. The third-order valence-corrected chi connectivity index (χ3v) is 4.46. The third-order valence-electron chi connectivity index (χ3n) is 4.46. The molecule has 168 valence electrons. The molecule has 32 heavy (non-hydrogen) atoms. The van der Waals surface area contributed by atoms with E-state index in [2.05, 4.69) is 25.9 Å². The third kappa shape index (κ3) is 7.36. The molecule has 1 atom stereocenters. The van der Waals surface area contributed by atoms with Crippen molar-refractivity contribution in [3.63, 3.8) is 0 Å². The van der Waals surface area contributed by atoms with E-state index in [1.807, 2.05) is 20.8 Å². The lowest BCUT2D eigenvalue weighted by molar-refractivity contribution is -0.129. The van der Waals surface area contributed by atoms with Crippen LogP contribution in [0.4, 0.5) is 10.5 Å². The first kappa shape index (κ1) is 24.3. The Morgan fingerprint density at radius 2 is 1.81 bits per heavy atom. The molecule has 0 saturated carbocycles. The van der Waals surface area contributed by atoms with Gasteiger partial charge in [-0.2, -0.15) is 5.26 Å². The summed E-state index contributed by atoms with van der Waals surface area (Å²) >= 11 is 0. The predicted molar refractivity (Wildman–Crippen MR) is 118 cm³/mol. The lowest BCUT2D eigenvalue weighted by Gasteiger charge is -2.21. The molecule has 0 spiro atoms. The number of hydrogen-bond donors (Lipinski definition) is 3. The average molecular weight is 438 g/mol. The molecule has 0 aliphatic carbocycles. The number of nitrogens with one attached hydrogen (secondary N) is 3. The number of rotatable bonds is 8. The summed E-state index contributed by atoms with van der Waals surface area (Å²) in [6.07, 6.45) is 5.38. The fraction of sp³-hybridized carbons (Fsp3) is 0.364. The highest BCUT2D eigenvalue weighted by atomic mass is 16.2. The van der Waals surface area contributed by atoms with E-state index in [9.17, 15) is 14.4 Å². The molecule has 0 aliphatic rings. The molecule has 1 aromatic carbocycles. The predicted octanol–water partition coefficient (Wildman–Crippen LogP) is 2.19. The van der Waals surface area contributed by atoms with Gasteiger partial charge in [-0.1, -0.05) is 13.8 Å². The molecule has 0 saturated heterocycles. The van der Waals surface area contributed by atoms with Crippen molar-refractivity contribution in [2.75, 3.05) is 12.4 Å². The minimum atomic E-state index is -0.805. The highest BCUT2D eigenvalue weighted by Crippen LogP contribution is 2.12. The van der Waals surface area contributed by atoms with Crippen LogP contribution >= 0.6 is 0 Å². The molecule has 10 nitrogen and oxygen atoms in total. The van der Waals surface area contributed by atoms with Gasteiger partial charge >= 0.3 is 6.03 Å². The van der Waals surface area contributed by atoms with Crippen LogP contribution in [0.3, 0.4) is 0 Å². The van der Waals surface area contributed by atoms with E-state index < -0.39 is 23.9 Å². The molecule has 1 heterocycles. The monoisotopic (exact) mass is 437 g/mol. The van der Waals surface area contributed by atoms with Crippen LogP contribution in [-0.2, 0) is 11.3 Å². The van der Waals surface area contributed by atoms with Crippen molar-refractivity contribution < 1.29 is 14.4 Å². The van der Waals surface area contributed by atoms with E-state index in [1.54, 1.807) is 42.9 Å². The first-order valence-corrected chi connectivity index (χ1v) is 10.1. The molecular formula is C22H27N7O3. The second-order valence-corrected chi connectivity index (χ2v) is 7.69. The van der Waals surface area contributed by atoms with Crippen molar-refractivity contribution in [3.8, 4) is 6.19 Å². The van der Waals surface area contributed by atoms with Gasteiger partial charge in [0.2, 0.25) is 0 Å². The second-order valence-electron chi connectivity index (χ2n) is 7.69. The summed E-state index contributed by atoms with van der Waals surface area (Å²) in [6, 6.07) is 5.02. The van der Waals surface area contributed by atoms with E-state index >= 15 is 0 Å². The van der Waals surface area contributed by atoms with E-state index in [1.165, 1.54) is 7.05 Å². The number of nitrogens with zero attached hydrogens (tertiary/aromatic N) is 4. The zero-order valence-corrected chi connectivity index (χ0v) is 18.5. The van der Waals surface area contributed by atoms with Crippen molar-refractivity contribution in [3.05, 3.63) is 53.6 Å². The largest absolute Gasteiger partial charge is 0.340 e. The number of nitriles is 1. The van der Waals surface area contributed by atoms with Crippen LogP contribution in [0.2, 0.25) is 0 Å². The number of hydrogen-bond acceptors (Lipinski definition) is 6. The number of benzene rings is 1. The Morgan fingerprint density at radius 3 is 2.38 bits per heavy atom. The highest BCUT2D eigenvalue weighted by molar-refractivity contribution is 5.98. The Bertz CT molecular complexity index is 982. The zero-order valence-electron chi connectivity index (χ0n) is 18.5. The van der Waals surface area contributed by atoms with Crippen LogP contribution in [-0.4, -0.2) is 45.8 Å². The smallest absolute Gasteiger partial charge is 0.319 e. The van der Waals surface area contributed by atoms with Gasteiger partial charge in [-0.25, -0.2) is 4.79 Å². The Balaban J connectivity index is 1.94. The van der Waals surface area contributed by atoms with Gasteiger partial charge in [0.25, 0.3) is 11.8 Å². The highest BCUT2D eigenvalue weighted by Gasteiger charge is 2.25. The normalized spacial score (nSPS) is 11.2. The molecule has 2 rings (SSSR count). The molecule has 10 heteroatoms. The van der Waals surface area contributed by atoms with Crippen LogP contribution in [0.5, 0.6) is 0 Å². The van der Waals surface area contributed by atoms with Gasteiger partial charge in [0, 0.05) is 24.5 Å². The SMILES string of the molecule is Cc1cnc(CNC(=O)Nc2ccc(C(=O)NC(CC(C)C)C(=O)N(C)C#N)cc2)cn1. The van der Waals surface area contributed by atoms with Crippen LogP contribution in [0.1, 0.15) is 42.0 Å². The van der Waals surface area contributed by atoms with Gasteiger partial charge in [-0.05, 0) is 43.5 Å². The van der Waals surface area contributed by atoms with E-state index in [0.717, 1.165) is 10.6 Å². The second kappa shape index (κ2) is 11.4. The molecular weight excluding hydrogens is 410 g/mol. The molecule has 4 amide bonds. The van der Waals surface area contributed by atoms with Gasteiger partial charge in [0.1, 0.15) is 6.04 Å². The Hall–Kier alpha value is -4.00. The fourth-order valence-corrected chi connectivity index (χ4v) is 2.78. The summed E-state index contributed by atoms with van der Waals surface area (Å²) in [5, 5.41) is 17.0. The summed E-state index contributed by atoms with van der Waals surface area (Å²) in [5.74, 6) is -0.764. The number of urea groups is 1. The molecule has 0 radical (unpaired) electrons. The van der Waals surface area contributed by atoms with E-state index in [4.69, 9.17) is 5.26 Å². The number of carbonyl (C=O) groups excluding carboxylic acids is 3. The number of carbonyl (C=O) groups is 3. The summed E-state index contributed by atoms with van der Waals surface area (Å²) in [7, 11) is 1.36. The molecule has 2 aromatic rings. The van der Waals surface area contributed by atoms with Crippen LogP contribution in [0, 0.1) is 24.3 Å². The number of likely N-dealkylation sites (N-methyl/N-ethyl adjacent to an activating group) is 1. The maximum absolute atomic E-state index is 12.6. The van der Waals surface area contributed by atoms with Crippen LogP contribution < -0.4 is 16.0 Å². The standard InChI is InChI=1S/C22H27N7O3/c1-14(2)9-19(21(31)29(4)13-23)28-20(30)16-5-7-17(8-6-16)27-22(32)26-12-18-11-24-15(3)10-25-18/h5-8,10-11,14,19H,9,12H2,1-4H3,(H,28,30)(H2,26,27,32). The van der Waals surface area contributed by atoms with Crippen molar-refractivity contribution in [1.29, 1.82) is 5.26 Å². The number of aromatic nitrogens is 2. The first-order chi connectivity index (χ1) is 15.2. The van der Waals surface area contributed by atoms with E-state index in [-0.39, 0.29) is 12.5 Å². The molecule has 3 N–H and O–H groups in total. The minimum absolute atomic E-state index is 0.146. The molecule has 0 aliphatic heterocycles. The van der Waals surface area contributed by atoms with Gasteiger partial charge in [0.15, 0.2) is 6.19 Å². The number of anilines is 1. The zero-order chi connectivity index (χ0) is 23.7. The average Bonchev–Trinajstić information content (AvgIpc) is 2.77. The lowest BCUT2D eigenvalue weighted by Crippen LogP contribution is -2.46. The van der Waals surface area contributed by atoms with Gasteiger partial charge in [0.05, 0.1) is 24.1 Å². The summed E-state index contributed by atoms with van der Waals surface area (Å²) in [6.45, 7) is 5.90. The Kier molecular flexibility index (Phi) is 8.65. The quantitative estimate of drug-likeness (QED) is 0.427. The number of aryl methyl sites for hydroxylation is 1. The Labute approximate surface area is 187 Å². The minimum Gasteiger partial charge on any atom is -0.340 e. The van der Waals surface area contributed by atoms with Crippen molar-refractivity contribution >= 4 is 23.5 Å². The molecule has 0 bridgehead atoms. The number of amides is 4. The van der Waals surface area contributed by atoms with Crippen molar-refractivity contribution in [2.45, 2.75) is 39.8 Å². The summed E-state index contributed by atoms with van der Waals surface area (Å²) in [5.41, 5.74) is 2.24. The van der Waals surface area contributed by atoms with Crippen LogP contribution in [0.15, 0.2) is 36.7 Å². The molecule has 1 unspecified atom stereocenters. The van der Waals surface area contributed by atoms with E-state index in [0.29, 0.717) is 23.4 Å². The summed E-state index contributed by atoms with van der Waals surface area (Å²) in [4.78, 5) is 46.2. The van der Waals surface area contributed by atoms with Gasteiger partial charge in [-0.15, -0.1) is 0 Å². The first-order valence-electron chi connectivity index (χ1n) is 10.1. The van der Waals surface area contributed by atoms with Crippen LogP contribution in [0.25, 0.3) is 0 Å². The maximum Gasteiger partial charge on any atom is 0.319 e. The fourth-order valence-electron chi connectivity index (χ4n) is 2.78.